The fraction of sp³-hybridized carbons (Fsp3) is 0.312. The van der Waals surface area contributed by atoms with Crippen LogP contribution in [0.3, 0.4) is 0 Å². The molecule has 3 rings (SSSR count). The molecule has 0 aliphatic carbocycles. The number of phenols is 1. The van der Waals surface area contributed by atoms with Crippen molar-refractivity contribution in [1.29, 1.82) is 0 Å². The Kier molecular flexibility index (Phi) is 5.01. The van der Waals surface area contributed by atoms with Gasteiger partial charge < -0.3 is 5.11 Å². The van der Waals surface area contributed by atoms with Crippen LogP contribution in [-0.2, 0) is 9.84 Å². The predicted molar refractivity (Wildman–Crippen MR) is 97.4 cm³/mol. The van der Waals surface area contributed by atoms with Crippen molar-refractivity contribution in [3.63, 3.8) is 0 Å². The molecule has 0 spiro atoms. The highest BCUT2D eigenvalue weighted by molar-refractivity contribution is 7.91. The smallest absolute Gasteiger partial charge is 0.271 e. The summed E-state index contributed by atoms with van der Waals surface area (Å²) in [5.74, 6) is -0.372. The van der Waals surface area contributed by atoms with Crippen LogP contribution in [0.2, 0.25) is 5.15 Å². The normalized spacial score (nSPS) is 19.1. The molecule has 1 aromatic carbocycles. The van der Waals surface area contributed by atoms with Crippen LogP contribution < -0.4 is 5.43 Å². The van der Waals surface area contributed by atoms with E-state index in [1.165, 1.54) is 23.0 Å². The van der Waals surface area contributed by atoms with E-state index < -0.39 is 15.7 Å². The van der Waals surface area contributed by atoms with Crippen LogP contribution in [0.25, 0.3) is 0 Å². The number of hydrogen-bond donors (Lipinski definition) is 2. The monoisotopic (exact) mass is 396 g/mol. The highest BCUT2D eigenvalue weighted by Gasteiger charge is 2.31. The molecule has 2 N–H and O–H groups in total. The highest BCUT2D eigenvalue weighted by atomic mass is 35.5. The van der Waals surface area contributed by atoms with Crippen molar-refractivity contribution >= 4 is 33.6 Å². The summed E-state index contributed by atoms with van der Waals surface area (Å²) in [5.41, 5.74) is 3.69. The van der Waals surface area contributed by atoms with E-state index in [0.29, 0.717) is 17.7 Å². The van der Waals surface area contributed by atoms with E-state index in [1.54, 1.807) is 19.1 Å². The fourth-order valence-electron chi connectivity index (χ4n) is 2.76. The van der Waals surface area contributed by atoms with Crippen molar-refractivity contribution in [3.8, 4) is 5.75 Å². The van der Waals surface area contributed by atoms with Crippen LogP contribution >= 0.6 is 11.6 Å². The minimum absolute atomic E-state index is 0.0126. The number of nitrogens with one attached hydrogen (secondary N) is 1. The molecular weight excluding hydrogens is 380 g/mol. The van der Waals surface area contributed by atoms with Gasteiger partial charge in [-0.1, -0.05) is 17.7 Å². The first kappa shape index (κ1) is 18.4. The molecular formula is C16H17ClN4O4S. The number of aryl methyl sites for hydroxylation is 1. The van der Waals surface area contributed by atoms with Crippen molar-refractivity contribution < 1.29 is 18.3 Å². The standard InChI is InChI=1S/C16H17ClN4O4S/c1-10-14(8-18-19-16(23)11-3-2-4-13(22)7-11)15(17)21(20-10)12-5-6-26(24,25)9-12/h2-4,7-8,12,22H,5-6,9H2,1H3,(H,19,23)/b18-8-/t12-/m1/s1. The van der Waals surface area contributed by atoms with E-state index >= 15 is 0 Å². The summed E-state index contributed by atoms with van der Waals surface area (Å²) in [5, 5.41) is 17.9. The fourth-order valence-corrected chi connectivity index (χ4v) is 4.81. The zero-order chi connectivity index (χ0) is 18.9. The maximum absolute atomic E-state index is 12.0. The Labute approximate surface area is 155 Å². The second-order valence-corrected chi connectivity index (χ2v) is 8.63. The molecule has 1 aliphatic heterocycles. The second kappa shape index (κ2) is 7.08. The molecule has 0 saturated carbocycles. The number of carbonyl (C=O) groups is 1. The SMILES string of the molecule is Cc1nn([C@@H]2CCS(=O)(=O)C2)c(Cl)c1/C=N\NC(=O)c1cccc(O)c1. The number of hydrogen-bond acceptors (Lipinski definition) is 6. The van der Waals surface area contributed by atoms with Crippen molar-refractivity contribution in [2.24, 2.45) is 5.10 Å². The van der Waals surface area contributed by atoms with E-state index in [4.69, 9.17) is 11.6 Å². The summed E-state index contributed by atoms with van der Waals surface area (Å²) in [6.07, 6.45) is 1.83. The van der Waals surface area contributed by atoms with Crippen molar-refractivity contribution in [3.05, 3.63) is 46.2 Å². The van der Waals surface area contributed by atoms with Crippen molar-refractivity contribution in [2.75, 3.05) is 11.5 Å². The summed E-state index contributed by atoms with van der Waals surface area (Å²) in [6.45, 7) is 1.73. The summed E-state index contributed by atoms with van der Waals surface area (Å²) < 4.78 is 24.8. The van der Waals surface area contributed by atoms with Crippen LogP contribution in [0.1, 0.15) is 34.1 Å². The zero-order valence-electron chi connectivity index (χ0n) is 13.9. The maximum Gasteiger partial charge on any atom is 0.271 e. The third-order valence-electron chi connectivity index (χ3n) is 4.09. The van der Waals surface area contributed by atoms with Gasteiger partial charge in [0.2, 0.25) is 0 Å². The number of benzene rings is 1. The number of nitrogens with zero attached hydrogens (tertiary/aromatic N) is 3. The van der Waals surface area contributed by atoms with Crippen LogP contribution in [-0.4, -0.2) is 46.9 Å². The second-order valence-electron chi connectivity index (χ2n) is 6.04. The summed E-state index contributed by atoms with van der Waals surface area (Å²) in [6, 6.07) is 5.58. The van der Waals surface area contributed by atoms with E-state index in [9.17, 15) is 18.3 Å². The number of rotatable bonds is 4. The third kappa shape index (κ3) is 3.88. The molecule has 1 atom stereocenters. The summed E-state index contributed by atoms with van der Waals surface area (Å²) >= 11 is 6.32. The van der Waals surface area contributed by atoms with Gasteiger partial charge in [0.05, 0.1) is 35.0 Å². The van der Waals surface area contributed by atoms with Crippen molar-refractivity contribution in [1.82, 2.24) is 15.2 Å². The first-order valence-corrected chi connectivity index (χ1v) is 10.0. The van der Waals surface area contributed by atoms with Crippen LogP contribution in [0.15, 0.2) is 29.4 Å². The molecule has 0 radical (unpaired) electrons. The summed E-state index contributed by atoms with van der Waals surface area (Å²) in [7, 11) is -3.06. The number of amides is 1. The van der Waals surface area contributed by atoms with Gasteiger partial charge in [0, 0.05) is 5.56 Å². The largest absolute Gasteiger partial charge is 0.508 e. The number of hydrazone groups is 1. The van der Waals surface area contributed by atoms with Crippen LogP contribution in [0.4, 0.5) is 0 Å². The minimum atomic E-state index is -3.06. The minimum Gasteiger partial charge on any atom is -0.508 e. The number of aromatic nitrogens is 2. The summed E-state index contributed by atoms with van der Waals surface area (Å²) in [4.78, 5) is 12.0. The van der Waals surface area contributed by atoms with Gasteiger partial charge >= 0.3 is 0 Å². The van der Waals surface area contributed by atoms with Gasteiger partial charge in [0.15, 0.2) is 9.84 Å². The van der Waals surface area contributed by atoms with Gasteiger partial charge in [-0.2, -0.15) is 10.2 Å². The van der Waals surface area contributed by atoms with E-state index in [-0.39, 0.29) is 34.0 Å². The van der Waals surface area contributed by atoms with Gasteiger partial charge in [-0.3, -0.25) is 4.79 Å². The van der Waals surface area contributed by atoms with E-state index in [2.05, 4.69) is 15.6 Å². The number of sulfone groups is 1. The Hall–Kier alpha value is -2.39. The van der Waals surface area contributed by atoms with E-state index in [0.717, 1.165) is 0 Å². The zero-order valence-corrected chi connectivity index (χ0v) is 15.5. The van der Waals surface area contributed by atoms with Gasteiger partial charge in [-0.15, -0.1) is 0 Å². The highest BCUT2D eigenvalue weighted by Crippen LogP contribution is 2.29. The third-order valence-corrected chi connectivity index (χ3v) is 6.22. The molecule has 1 aromatic heterocycles. The Morgan fingerprint density at radius 2 is 2.27 bits per heavy atom. The first-order chi connectivity index (χ1) is 12.3. The van der Waals surface area contributed by atoms with Crippen LogP contribution in [0, 0.1) is 6.92 Å². The molecule has 0 unspecified atom stereocenters. The Balaban J connectivity index is 1.74. The molecule has 1 aliphatic rings. The molecule has 0 bridgehead atoms. The molecule has 26 heavy (non-hydrogen) atoms. The van der Waals surface area contributed by atoms with Gasteiger partial charge in [-0.05, 0) is 31.5 Å². The lowest BCUT2D eigenvalue weighted by Crippen LogP contribution is -2.17. The number of halogens is 1. The molecule has 1 amide bonds. The molecule has 1 fully saturated rings. The predicted octanol–water partition coefficient (Wildman–Crippen LogP) is 1.67. The Bertz CT molecular complexity index is 984. The first-order valence-electron chi connectivity index (χ1n) is 7.84. The van der Waals surface area contributed by atoms with Gasteiger partial charge in [-0.25, -0.2) is 18.5 Å². The van der Waals surface area contributed by atoms with Gasteiger partial charge in [0.1, 0.15) is 10.9 Å². The Morgan fingerprint density at radius 3 is 2.92 bits per heavy atom. The molecule has 1 saturated heterocycles. The maximum atomic E-state index is 12.0. The molecule has 2 heterocycles. The van der Waals surface area contributed by atoms with Gasteiger partial charge in [0.25, 0.3) is 5.91 Å². The van der Waals surface area contributed by atoms with E-state index in [1.807, 2.05) is 0 Å². The average molecular weight is 397 g/mol. The lowest BCUT2D eigenvalue weighted by molar-refractivity contribution is 0.0954. The van der Waals surface area contributed by atoms with Crippen molar-refractivity contribution in [2.45, 2.75) is 19.4 Å². The molecule has 8 nitrogen and oxygen atoms in total. The number of phenolic OH excluding ortho intramolecular Hbond substituents is 1. The molecule has 138 valence electrons. The number of carbonyl (C=O) groups excluding carboxylic acids is 1. The van der Waals surface area contributed by atoms with Crippen LogP contribution in [0.5, 0.6) is 5.75 Å². The lowest BCUT2D eigenvalue weighted by Gasteiger charge is -2.09. The lowest BCUT2D eigenvalue weighted by atomic mass is 10.2. The molecule has 10 heteroatoms. The quantitative estimate of drug-likeness (QED) is 0.602. The average Bonchev–Trinajstić information content (AvgIpc) is 3.07. The molecule has 2 aromatic rings. The Morgan fingerprint density at radius 1 is 1.50 bits per heavy atom. The number of aromatic hydroxyl groups is 1. The topological polar surface area (TPSA) is 114 Å².